The normalized spacial score (nSPS) is 13.3. The van der Waals surface area contributed by atoms with Gasteiger partial charge in [0.2, 0.25) is 0 Å². The molecule has 2 unspecified atom stereocenters. The molecule has 120 valence electrons. The maximum atomic E-state index is 12.1. The average Bonchev–Trinajstić information content (AvgIpc) is 2.61. The monoisotopic (exact) mass is 330 g/mol. The second-order valence-corrected chi connectivity index (χ2v) is 5.98. The van der Waals surface area contributed by atoms with Crippen LogP contribution in [0.15, 0.2) is 48.8 Å². The lowest BCUT2D eigenvalue weighted by Crippen LogP contribution is -2.36. The Morgan fingerprint density at radius 3 is 1.65 bits per heavy atom. The fraction of sp³-hybridized carbons (Fsp3) is 0.250. The maximum Gasteiger partial charge on any atom is 0.198 e. The molecule has 0 saturated carbocycles. The number of nitrogens with two attached hydrogens (primary N) is 2. The van der Waals surface area contributed by atoms with Crippen molar-refractivity contribution in [2.45, 2.75) is 12.1 Å². The van der Waals surface area contributed by atoms with Crippen LogP contribution in [0.3, 0.4) is 0 Å². The van der Waals surface area contributed by atoms with Crippen LogP contribution in [-0.4, -0.2) is 45.1 Å². The number of aromatic nitrogens is 2. The molecule has 0 spiro atoms. The second-order valence-electron chi connectivity index (χ2n) is 4.91. The molecule has 0 aromatic carbocycles. The van der Waals surface area contributed by atoms with Crippen molar-refractivity contribution in [3.63, 3.8) is 0 Å². The first-order valence-corrected chi connectivity index (χ1v) is 8.24. The fourth-order valence-electron chi connectivity index (χ4n) is 1.87. The number of hydrogen-bond acceptors (Lipinski definition) is 7. The van der Waals surface area contributed by atoms with E-state index < -0.39 is 12.1 Å². The van der Waals surface area contributed by atoms with Crippen molar-refractivity contribution in [1.82, 2.24) is 9.97 Å². The van der Waals surface area contributed by atoms with Gasteiger partial charge < -0.3 is 11.5 Å². The van der Waals surface area contributed by atoms with E-state index in [2.05, 4.69) is 9.97 Å². The summed E-state index contributed by atoms with van der Waals surface area (Å²) in [7, 11) is 0. The zero-order valence-electron chi connectivity index (χ0n) is 12.5. The minimum absolute atomic E-state index is 0.220. The van der Waals surface area contributed by atoms with E-state index in [9.17, 15) is 9.59 Å². The SMILES string of the molecule is NC(CSCC(N)C(=O)c1ccccn1)C(=O)c1ccccn1. The lowest BCUT2D eigenvalue weighted by atomic mass is 10.1. The summed E-state index contributed by atoms with van der Waals surface area (Å²) in [6.07, 6.45) is 3.10. The standard InChI is InChI=1S/C16H18N4O2S/c17-11(15(21)13-5-1-3-7-19-13)9-23-10-12(18)16(22)14-6-2-4-8-20-14/h1-8,11-12H,9-10,17-18H2. The molecule has 0 bridgehead atoms. The Hall–Kier alpha value is -2.09. The number of ketones is 2. The summed E-state index contributed by atoms with van der Waals surface area (Å²) in [6.45, 7) is 0. The molecule has 0 saturated heterocycles. The molecule has 0 aliphatic heterocycles. The quantitative estimate of drug-likeness (QED) is 0.692. The number of nitrogens with zero attached hydrogens (tertiary/aromatic N) is 2. The van der Waals surface area contributed by atoms with Gasteiger partial charge in [-0.05, 0) is 24.3 Å². The van der Waals surface area contributed by atoms with E-state index in [1.54, 1.807) is 48.8 Å². The van der Waals surface area contributed by atoms with Crippen molar-refractivity contribution in [3.8, 4) is 0 Å². The molecular formula is C16H18N4O2S. The lowest BCUT2D eigenvalue weighted by molar-refractivity contribution is 0.0959. The van der Waals surface area contributed by atoms with Gasteiger partial charge in [0.25, 0.3) is 0 Å². The molecule has 2 aromatic rings. The van der Waals surface area contributed by atoms with Gasteiger partial charge in [-0.25, -0.2) is 0 Å². The van der Waals surface area contributed by atoms with Crippen LogP contribution in [0.1, 0.15) is 21.0 Å². The van der Waals surface area contributed by atoms with Gasteiger partial charge in [-0.1, -0.05) is 12.1 Å². The van der Waals surface area contributed by atoms with E-state index >= 15 is 0 Å². The Morgan fingerprint density at radius 2 is 1.30 bits per heavy atom. The Morgan fingerprint density at radius 1 is 0.870 bits per heavy atom. The van der Waals surface area contributed by atoms with Crippen molar-refractivity contribution in [3.05, 3.63) is 60.2 Å². The fourth-order valence-corrected chi connectivity index (χ4v) is 2.82. The van der Waals surface area contributed by atoms with Gasteiger partial charge >= 0.3 is 0 Å². The first-order valence-electron chi connectivity index (χ1n) is 7.09. The highest BCUT2D eigenvalue weighted by atomic mass is 32.2. The third-order valence-corrected chi connectivity index (χ3v) is 4.29. The molecule has 0 fully saturated rings. The Balaban J connectivity index is 1.80. The largest absolute Gasteiger partial charge is 0.320 e. The predicted molar refractivity (Wildman–Crippen MR) is 90.4 cm³/mol. The second kappa shape index (κ2) is 8.52. The third-order valence-electron chi connectivity index (χ3n) is 3.10. The van der Waals surface area contributed by atoms with Crippen molar-refractivity contribution in [1.29, 1.82) is 0 Å². The van der Waals surface area contributed by atoms with Gasteiger partial charge in [0, 0.05) is 23.9 Å². The Bertz CT molecular complexity index is 594. The minimum Gasteiger partial charge on any atom is -0.320 e. The highest BCUT2D eigenvalue weighted by Crippen LogP contribution is 2.09. The van der Waals surface area contributed by atoms with Crippen LogP contribution in [0.4, 0.5) is 0 Å². The molecule has 0 aliphatic rings. The van der Waals surface area contributed by atoms with E-state index in [-0.39, 0.29) is 11.6 Å². The molecule has 4 N–H and O–H groups in total. The first kappa shape index (κ1) is 17.3. The number of thioether (sulfide) groups is 1. The molecular weight excluding hydrogens is 312 g/mol. The molecule has 0 radical (unpaired) electrons. The number of carbonyl (C=O) groups excluding carboxylic acids is 2. The van der Waals surface area contributed by atoms with Crippen LogP contribution in [-0.2, 0) is 0 Å². The predicted octanol–water partition coefficient (Wildman–Crippen LogP) is 0.930. The van der Waals surface area contributed by atoms with Crippen LogP contribution in [0, 0.1) is 0 Å². The van der Waals surface area contributed by atoms with Gasteiger partial charge in [0.15, 0.2) is 11.6 Å². The Kier molecular flexibility index (Phi) is 6.40. The summed E-state index contributed by atoms with van der Waals surface area (Å²) in [5.41, 5.74) is 12.4. The molecule has 2 heterocycles. The Labute approximate surface area is 138 Å². The highest BCUT2D eigenvalue weighted by Gasteiger charge is 2.20. The van der Waals surface area contributed by atoms with Gasteiger partial charge in [0.1, 0.15) is 11.4 Å². The van der Waals surface area contributed by atoms with Crippen LogP contribution in [0.5, 0.6) is 0 Å². The van der Waals surface area contributed by atoms with Crippen molar-refractivity contribution >= 4 is 23.3 Å². The van der Waals surface area contributed by atoms with E-state index in [0.29, 0.717) is 22.9 Å². The summed E-state index contributed by atoms with van der Waals surface area (Å²) in [6, 6.07) is 8.85. The molecule has 7 heteroatoms. The molecule has 0 amide bonds. The van der Waals surface area contributed by atoms with Crippen molar-refractivity contribution in [2.75, 3.05) is 11.5 Å². The summed E-state index contributed by atoms with van der Waals surface area (Å²) < 4.78 is 0. The number of Topliss-reactive ketones (excluding diaryl/α,β-unsaturated/α-hetero) is 2. The highest BCUT2D eigenvalue weighted by molar-refractivity contribution is 7.99. The number of pyridine rings is 2. The lowest BCUT2D eigenvalue weighted by Gasteiger charge is -2.12. The molecule has 2 rings (SSSR count). The van der Waals surface area contributed by atoms with Gasteiger partial charge in [-0.3, -0.25) is 19.6 Å². The number of carbonyl (C=O) groups is 2. The summed E-state index contributed by atoms with van der Waals surface area (Å²) >= 11 is 1.37. The van der Waals surface area contributed by atoms with Crippen LogP contribution < -0.4 is 11.5 Å². The first-order chi connectivity index (χ1) is 11.1. The maximum absolute atomic E-state index is 12.1. The number of hydrogen-bond donors (Lipinski definition) is 2. The third kappa shape index (κ3) is 4.95. The minimum atomic E-state index is -0.674. The smallest absolute Gasteiger partial charge is 0.198 e. The van der Waals surface area contributed by atoms with Gasteiger partial charge in [-0.15, -0.1) is 0 Å². The van der Waals surface area contributed by atoms with E-state index in [0.717, 1.165) is 0 Å². The van der Waals surface area contributed by atoms with E-state index in [4.69, 9.17) is 11.5 Å². The molecule has 23 heavy (non-hydrogen) atoms. The average molecular weight is 330 g/mol. The summed E-state index contributed by atoms with van der Waals surface area (Å²) in [4.78, 5) is 32.1. The molecule has 6 nitrogen and oxygen atoms in total. The molecule has 0 aliphatic carbocycles. The van der Waals surface area contributed by atoms with Crippen LogP contribution in [0.25, 0.3) is 0 Å². The zero-order valence-corrected chi connectivity index (χ0v) is 13.3. The van der Waals surface area contributed by atoms with E-state index in [1.807, 2.05) is 0 Å². The van der Waals surface area contributed by atoms with Gasteiger partial charge in [0.05, 0.1) is 12.1 Å². The van der Waals surface area contributed by atoms with E-state index in [1.165, 1.54) is 11.8 Å². The van der Waals surface area contributed by atoms with Crippen molar-refractivity contribution < 1.29 is 9.59 Å². The zero-order chi connectivity index (χ0) is 16.7. The molecule has 2 aromatic heterocycles. The van der Waals surface area contributed by atoms with Gasteiger partial charge in [-0.2, -0.15) is 11.8 Å². The topological polar surface area (TPSA) is 112 Å². The summed E-state index contributed by atoms with van der Waals surface area (Å²) in [5.74, 6) is 0.308. The van der Waals surface area contributed by atoms with Crippen LogP contribution >= 0.6 is 11.8 Å². The van der Waals surface area contributed by atoms with Crippen LogP contribution in [0.2, 0.25) is 0 Å². The molecule has 2 atom stereocenters. The summed E-state index contributed by atoms with van der Waals surface area (Å²) in [5, 5.41) is 0. The van der Waals surface area contributed by atoms with Crippen molar-refractivity contribution in [2.24, 2.45) is 11.5 Å². The number of rotatable bonds is 8.